The van der Waals surface area contributed by atoms with E-state index in [-0.39, 0.29) is 13.0 Å². The lowest BCUT2D eigenvalue weighted by atomic mass is 10.1. The molecule has 2 aromatic rings. The third-order valence-electron chi connectivity index (χ3n) is 3.95. The zero-order valence-electron chi connectivity index (χ0n) is 17.3. The zero-order valence-corrected chi connectivity index (χ0v) is 17.3. The zero-order chi connectivity index (χ0) is 21.4. The Balaban J connectivity index is 1.76. The van der Waals surface area contributed by atoms with E-state index in [0.717, 1.165) is 10.8 Å². The molecule has 2 aromatic carbocycles. The van der Waals surface area contributed by atoms with Gasteiger partial charge < -0.3 is 20.1 Å². The van der Waals surface area contributed by atoms with E-state index in [1.807, 2.05) is 36.4 Å². The highest BCUT2D eigenvalue weighted by Crippen LogP contribution is 2.23. The first-order valence-electron chi connectivity index (χ1n) is 9.60. The average molecular weight is 400 g/mol. The van der Waals surface area contributed by atoms with E-state index >= 15 is 0 Å². The first-order chi connectivity index (χ1) is 13.7. The summed E-state index contributed by atoms with van der Waals surface area (Å²) < 4.78 is 10.3. The van der Waals surface area contributed by atoms with E-state index in [1.54, 1.807) is 26.8 Å². The predicted molar refractivity (Wildman–Crippen MR) is 112 cm³/mol. The van der Waals surface area contributed by atoms with Gasteiger partial charge in [-0.1, -0.05) is 36.4 Å². The Hall–Kier alpha value is -3.09. The highest BCUT2D eigenvalue weighted by atomic mass is 16.6. The highest BCUT2D eigenvalue weighted by Gasteiger charge is 2.19. The maximum Gasteiger partial charge on any atom is 0.407 e. The molecule has 2 rings (SSSR count). The number of carbonyl (C=O) groups is 3. The van der Waals surface area contributed by atoms with Gasteiger partial charge in [-0.25, -0.2) is 4.79 Å². The Kier molecular flexibility index (Phi) is 7.59. The molecule has 0 heterocycles. The Labute approximate surface area is 170 Å². The predicted octanol–water partition coefficient (Wildman–Crippen LogP) is 4.01. The molecule has 2 N–H and O–H groups in total. The fourth-order valence-corrected chi connectivity index (χ4v) is 2.62. The fourth-order valence-electron chi connectivity index (χ4n) is 2.62. The molecule has 0 radical (unpaired) electrons. The van der Waals surface area contributed by atoms with E-state index < -0.39 is 29.7 Å². The average Bonchev–Trinajstić information content (AvgIpc) is 2.64. The quantitative estimate of drug-likeness (QED) is 0.541. The van der Waals surface area contributed by atoms with Crippen LogP contribution in [0.4, 0.5) is 10.5 Å². The van der Waals surface area contributed by atoms with Crippen LogP contribution in [0.5, 0.6) is 0 Å². The van der Waals surface area contributed by atoms with Crippen LogP contribution in [0.15, 0.2) is 42.5 Å². The van der Waals surface area contributed by atoms with Gasteiger partial charge in [0, 0.05) is 24.0 Å². The third kappa shape index (κ3) is 7.44. The molecular weight excluding hydrogens is 372 g/mol. The van der Waals surface area contributed by atoms with Gasteiger partial charge in [-0.15, -0.1) is 0 Å². The minimum absolute atomic E-state index is 0.0850. The molecule has 1 atom stereocenters. The molecule has 0 aliphatic carbocycles. The molecule has 7 heteroatoms. The van der Waals surface area contributed by atoms with Crippen molar-refractivity contribution in [2.45, 2.75) is 52.2 Å². The Morgan fingerprint density at radius 2 is 1.72 bits per heavy atom. The number of nitrogens with one attached hydrogen (secondary N) is 2. The second-order valence-electron chi connectivity index (χ2n) is 7.68. The van der Waals surface area contributed by atoms with Crippen LogP contribution in [0, 0.1) is 0 Å². The van der Waals surface area contributed by atoms with Crippen LogP contribution in [-0.4, -0.2) is 36.2 Å². The number of carbonyl (C=O) groups excluding carboxylic acids is 3. The SMILES string of the molecule is C[C@H](OC(=O)CCCNC(=O)OC(C)(C)C)C(=O)Nc1cccc2ccccc12. The summed E-state index contributed by atoms with van der Waals surface area (Å²) in [4.78, 5) is 35.9. The number of anilines is 1. The molecule has 0 aliphatic heterocycles. The molecule has 0 fully saturated rings. The van der Waals surface area contributed by atoms with Crippen molar-refractivity contribution in [3.05, 3.63) is 42.5 Å². The van der Waals surface area contributed by atoms with Crippen LogP contribution in [0.25, 0.3) is 10.8 Å². The molecule has 0 aliphatic rings. The van der Waals surface area contributed by atoms with Gasteiger partial charge in [0.2, 0.25) is 0 Å². The second-order valence-corrected chi connectivity index (χ2v) is 7.68. The highest BCUT2D eigenvalue weighted by molar-refractivity contribution is 6.03. The van der Waals surface area contributed by atoms with Crippen molar-refractivity contribution >= 4 is 34.4 Å². The van der Waals surface area contributed by atoms with Crippen LogP contribution in [0.3, 0.4) is 0 Å². The molecule has 0 saturated carbocycles. The number of amides is 2. The molecule has 2 amide bonds. The second kappa shape index (κ2) is 9.91. The first-order valence-corrected chi connectivity index (χ1v) is 9.60. The number of benzene rings is 2. The summed E-state index contributed by atoms with van der Waals surface area (Å²) >= 11 is 0. The lowest BCUT2D eigenvalue weighted by Gasteiger charge is -2.19. The maximum atomic E-state index is 12.4. The summed E-state index contributed by atoms with van der Waals surface area (Å²) in [6.07, 6.45) is -0.994. The Morgan fingerprint density at radius 3 is 2.45 bits per heavy atom. The van der Waals surface area contributed by atoms with Crippen molar-refractivity contribution in [3.63, 3.8) is 0 Å². The number of fused-ring (bicyclic) bond motifs is 1. The van der Waals surface area contributed by atoms with Crippen LogP contribution in [-0.2, 0) is 19.1 Å². The lowest BCUT2D eigenvalue weighted by Crippen LogP contribution is -2.33. The maximum absolute atomic E-state index is 12.4. The monoisotopic (exact) mass is 400 g/mol. The Bertz CT molecular complexity index is 868. The van der Waals surface area contributed by atoms with E-state index in [0.29, 0.717) is 12.1 Å². The number of alkyl carbamates (subject to hydrolysis) is 1. The van der Waals surface area contributed by atoms with Crippen molar-refractivity contribution in [1.29, 1.82) is 0 Å². The standard InChI is InChI=1S/C22H28N2O5/c1-15(28-19(25)13-8-14-23-21(27)29-22(2,3)4)20(26)24-18-12-7-10-16-9-5-6-11-17(16)18/h5-7,9-12,15H,8,13-14H2,1-4H3,(H,23,27)(H,24,26)/t15-/m0/s1. The summed E-state index contributed by atoms with van der Waals surface area (Å²) in [5.41, 5.74) is 0.0909. The summed E-state index contributed by atoms with van der Waals surface area (Å²) in [5.74, 6) is -0.904. The van der Waals surface area contributed by atoms with E-state index in [1.165, 1.54) is 6.92 Å². The van der Waals surface area contributed by atoms with Crippen molar-refractivity contribution in [2.24, 2.45) is 0 Å². The molecule has 0 aromatic heterocycles. The molecule has 0 spiro atoms. The van der Waals surface area contributed by atoms with Crippen molar-refractivity contribution in [3.8, 4) is 0 Å². The van der Waals surface area contributed by atoms with Gasteiger partial charge >= 0.3 is 12.1 Å². The summed E-state index contributed by atoms with van der Waals surface area (Å²) in [6.45, 7) is 7.12. The largest absolute Gasteiger partial charge is 0.453 e. The van der Waals surface area contributed by atoms with Gasteiger partial charge in [0.1, 0.15) is 5.60 Å². The van der Waals surface area contributed by atoms with Crippen molar-refractivity contribution in [2.75, 3.05) is 11.9 Å². The van der Waals surface area contributed by atoms with E-state index in [4.69, 9.17) is 9.47 Å². The van der Waals surface area contributed by atoms with Crippen LogP contribution in [0.2, 0.25) is 0 Å². The van der Waals surface area contributed by atoms with Gasteiger partial charge in [0.25, 0.3) is 5.91 Å². The molecule has 29 heavy (non-hydrogen) atoms. The van der Waals surface area contributed by atoms with E-state index in [2.05, 4.69) is 10.6 Å². The van der Waals surface area contributed by atoms with Gasteiger partial charge in [-0.2, -0.15) is 0 Å². The molecule has 7 nitrogen and oxygen atoms in total. The van der Waals surface area contributed by atoms with Crippen LogP contribution in [0.1, 0.15) is 40.5 Å². The molecule has 156 valence electrons. The molecule has 0 unspecified atom stereocenters. The number of esters is 1. The number of rotatable bonds is 7. The molecular formula is C22H28N2O5. The normalized spacial score (nSPS) is 12.1. The first kappa shape index (κ1) is 22.2. The molecule has 0 bridgehead atoms. The van der Waals surface area contributed by atoms with Gasteiger partial charge in [-0.05, 0) is 45.6 Å². The minimum atomic E-state index is -0.930. The summed E-state index contributed by atoms with van der Waals surface area (Å²) in [7, 11) is 0. The lowest BCUT2D eigenvalue weighted by molar-refractivity contribution is -0.153. The van der Waals surface area contributed by atoms with Crippen molar-refractivity contribution < 1.29 is 23.9 Å². The number of hydrogen-bond acceptors (Lipinski definition) is 5. The molecule has 0 saturated heterocycles. The summed E-state index contributed by atoms with van der Waals surface area (Å²) in [6, 6.07) is 13.3. The van der Waals surface area contributed by atoms with Crippen molar-refractivity contribution in [1.82, 2.24) is 5.32 Å². The summed E-state index contributed by atoms with van der Waals surface area (Å²) in [5, 5.41) is 7.30. The van der Waals surface area contributed by atoms with Gasteiger partial charge in [0.15, 0.2) is 6.10 Å². The third-order valence-corrected chi connectivity index (χ3v) is 3.95. The van der Waals surface area contributed by atoms with Crippen LogP contribution < -0.4 is 10.6 Å². The smallest absolute Gasteiger partial charge is 0.407 e. The fraction of sp³-hybridized carbons (Fsp3) is 0.409. The van der Waals surface area contributed by atoms with Crippen LogP contribution >= 0.6 is 0 Å². The Morgan fingerprint density at radius 1 is 1.03 bits per heavy atom. The van der Waals surface area contributed by atoms with Gasteiger partial charge in [-0.3, -0.25) is 9.59 Å². The number of ether oxygens (including phenoxy) is 2. The van der Waals surface area contributed by atoms with Gasteiger partial charge in [0.05, 0.1) is 0 Å². The topological polar surface area (TPSA) is 93.7 Å². The minimum Gasteiger partial charge on any atom is -0.453 e. The van der Waals surface area contributed by atoms with E-state index in [9.17, 15) is 14.4 Å². The number of hydrogen-bond donors (Lipinski definition) is 2.